The topological polar surface area (TPSA) is 60.4 Å². The number of thioether (sulfide) groups is 1. The summed E-state index contributed by atoms with van der Waals surface area (Å²) >= 11 is 1.51. The molecule has 94 valence electrons. The van der Waals surface area contributed by atoms with Gasteiger partial charge in [-0.3, -0.25) is 4.79 Å². The Labute approximate surface area is 109 Å². The maximum atomic E-state index is 12.3. The van der Waals surface area contributed by atoms with Crippen LogP contribution in [0.4, 0.5) is 0 Å². The van der Waals surface area contributed by atoms with E-state index >= 15 is 0 Å². The highest BCUT2D eigenvalue weighted by Crippen LogP contribution is 2.56. The summed E-state index contributed by atoms with van der Waals surface area (Å²) in [5.41, 5.74) is 1.51. The Morgan fingerprint density at radius 3 is 2.72 bits per heavy atom. The number of hydrogen-bond donors (Lipinski definition) is 0. The molecule has 18 heavy (non-hydrogen) atoms. The quantitative estimate of drug-likeness (QED) is 0.750. The van der Waals surface area contributed by atoms with E-state index in [1.54, 1.807) is 12.1 Å². The van der Waals surface area contributed by atoms with Crippen LogP contribution in [0.25, 0.3) is 0 Å². The highest BCUT2D eigenvalue weighted by Gasteiger charge is 2.54. The predicted molar refractivity (Wildman–Crippen MR) is 65.8 cm³/mol. The highest BCUT2D eigenvalue weighted by molar-refractivity contribution is 8.01. The van der Waals surface area contributed by atoms with Gasteiger partial charge in [-0.25, -0.2) is 0 Å². The lowest BCUT2D eigenvalue weighted by molar-refractivity contribution is -0.311. The van der Waals surface area contributed by atoms with Gasteiger partial charge in [0.2, 0.25) is 0 Å². The monoisotopic (exact) mass is 262 g/mol. The molecule has 2 aliphatic heterocycles. The number of amides is 1. The summed E-state index contributed by atoms with van der Waals surface area (Å²) in [6, 6.07) is 6.42. The molecule has 0 N–H and O–H groups in total. The molecule has 1 saturated heterocycles. The molecule has 3 rings (SSSR count). The first-order valence-electron chi connectivity index (χ1n) is 5.74. The molecule has 5 heteroatoms. The molecule has 2 aliphatic rings. The third kappa shape index (κ3) is 1.34. The second-order valence-electron chi connectivity index (χ2n) is 5.09. The van der Waals surface area contributed by atoms with Gasteiger partial charge in [0.25, 0.3) is 5.91 Å². The van der Waals surface area contributed by atoms with E-state index in [-0.39, 0.29) is 11.3 Å². The zero-order chi connectivity index (χ0) is 13.1. The zero-order valence-corrected chi connectivity index (χ0v) is 10.9. The van der Waals surface area contributed by atoms with E-state index in [1.165, 1.54) is 16.7 Å². The lowest BCUT2D eigenvalue weighted by Crippen LogP contribution is -2.53. The number of carbonyl (C=O) groups is 2. The molecule has 0 spiro atoms. The second kappa shape index (κ2) is 3.51. The summed E-state index contributed by atoms with van der Waals surface area (Å²) in [6.45, 7) is 3.68. The average molecular weight is 262 g/mol. The number of carboxylic acid groups (broad SMARTS) is 1. The van der Waals surface area contributed by atoms with E-state index in [0.29, 0.717) is 5.56 Å². The van der Waals surface area contributed by atoms with Crippen LogP contribution in [0.2, 0.25) is 0 Å². The van der Waals surface area contributed by atoms with Gasteiger partial charge in [0.1, 0.15) is 5.37 Å². The fourth-order valence-corrected chi connectivity index (χ4v) is 4.34. The van der Waals surface area contributed by atoms with Crippen molar-refractivity contribution in [2.75, 3.05) is 0 Å². The van der Waals surface area contributed by atoms with E-state index < -0.39 is 16.8 Å². The smallest absolute Gasteiger partial charge is 0.256 e. The molecule has 4 nitrogen and oxygen atoms in total. The maximum absolute atomic E-state index is 12.3. The molecule has 2 atom stereocenters. The summed E-state index contributed by atoms with van der Waals surface area (Å²) < 4.78 is -0.535. The van der Waals surface area contributed by atoms with Gasteiger partial charge in [0, 0.05) is 10.3 Å². The maximum Gasteiger partial charge on any atom is 0.256 e. The molecule has 0 bridgehead atoms. The molecule has 1 aromatic rings. The van der Waals surface area contributed by atoms with Crippen molar-refractivity contribution in [2.24, 2.45) is 0 Å². The first-order valence-corrected chi connectivity index (χ1v) is 6.62. The fraction of sp³-hybridized carbons (Fsp3) is 0.385. The van der Waals surface area contributed by atoms with Crippen molar-refractivity contribution in [3.05, 3.63) is 35.4 Å². The molecule has 0 radical (unpaired) electrons. The molecule has 0 aliphatic carbocycles. The van der Waals surface area contributed by atoms with E-state index in [0.717, 1.165) is 5.56 Å². The molecule has 0 unspecified atom stereocenters. The van der Waals surface area contributed by atoms with Gasteiger partial charge in [0.05, 0.1) is 12.0 Å². The molecular formula is C13H12NO3S-. The van der Waals surface area contributed by atoms with Crippen molar-refractivity contribution in [2.45, 2.75) is 30.0 Å². The van der Waals surface area contributed by atoms with E-state index in [9.17, 15) is 14.7 Å². The Morgan fingerprint density at radius 1 is 1.39 bits per heavy atom. The van der Waals surface area contributed by atoms with Crippen molar-refractivity contribution in [1.29, 1.82) is 0 Å². The van der Waals surface area contributed by atoms with Crippen molar-refractivity contribution < 1.29 is 14.7 Å². The number of carboxylic acids is 1. The van der Waals surface area contributed by atoms with Gasteiger partial charge in [-0.05, 0) is 25.5 Å². The van der Waals surface area contributed by atoms with Crippen LogP contribution in [0, 0.1) is 0 Å². The second-order valence-corrected chi connectivity index (χ2v) is 6.83. The highest BCUT2D eigenvalue weighted by atomic mass is 32.2. The van der Waals surface area contributed by atoms with Crippen molar-refractivity contribution in [3.8, 4) is 0 Å². The van der Waals surface area contributed by atoms with Gasteiger partial charge < -0.3 is 14.8 Å². The minimum atomic E-state index is -1.18. The number of fused-ring (bicyclic) bond motifs is 3. The zero-order valence-electron chi connectivity index (χ0n) is 10.0. The normalized spacial score (nSPS) is 28.1. The van der Waals surface area contributed by atoms with Crippen LogP contribution in [0.3, 0.4) is 0 Å². The Morgan fingerprint density at radius 2 is 2.06 bits per heavy atom. The number of rotatable bonds is 1. The SMILES string of the molecule is CC1(C)S[C@H]2c3ccccc3C(=O)N2[C@@H]1C(=O)[O-]. The van der Waals surface area contributed by atoms with Gasteiger partial charge in [-0.2, -0.15) is 0 Å². The van der Waals surface area contributed by atoms with Crippen LogP contribution in [0.5, 0.6) is 0 Å². The summed E-state index contributed by atoms with van der Waals surface area (Å²) in [5.74, 6) is -1.39. The minimum absolute atomic E-state index is 0.202. The van der Waals surface area contributed by atoms with Gasteiger partial charge >= 0.3 is 0 Å². The van der Waals surface area contributed by atoms with Crippen LogP contribution in [0.15, 0.2) is 24.3 Å². The molecule has 1 amide bonds. The molecular weight excluding hydrogens is 250 g/mol. The predicted octanol–water partition coefficient (Wildman–Crippen LogP) is 0.785. The number of hydrogen-bond acceptors (Lipinski definition) is 4. The Bertz CT molecular complexity index is 555. The van der Waals surface area contributed by atoms with Gasteiger partial charge in [-0.1, -0.05) is 18.2 Å². The summed E-state index contributed by atoms with van der Waals surface area (Å²) in [5, 5.41) is 11.1. The lowest BCUT2D eigenvalue weighted by Gasteiger charge is -2.31. The average Bonchev–Trinajstić information content (AvgIpc) is 2.72. The van der Waals surface area contributed by atoms with E-state index in [4.69, 9.17) is 0 Å². The van der Waals surface area contributed by atoms with Gasteiger partial charge in [0.15, 0.2) is 0 Å². The van der Waals surface area contributed by atoms with E-state index in [2.05, 4.69) is 0 Å². The third-order valence-electron chi connectivity index (χ3n) is 3.52. The molecule has 1 aromatic carbocycles. The summed E-state index contributed by atoms with van der Waals surface area (Å²) in [6.07, 6.45) is 0. The van der Waals surface area contributed by atoms with Crippen LogP contribution in [0.1, 0.15) is 35.1 Å². The van der Waals surface area contributed by atoms with Crippen molar-refractivity contribution in [3.63, 3.8) is 0 Å². The number of aliphatic carboxylic acids is 1. The largest absolute Gasteiger partial charge is 0.548 e. The molecule has 0 saturated carbocycles. The van der Waals surface area contributed by atoms with Crippen LogP contribution in [-0.2, 0) is 4.79 Å². The van der Waals surface area contributed by atoms with Crippen molar-refractivity contribution in [1.82, 2.24) is 4.90 Å². The standard InChI is InChI=1S/C13H13NO3S/c1-13(2)9(12(16)17)14-10(15)7-5-3-4-6-8(7)11(14)18-13/h3-6,9,11H,1-2H3,(H,16,17)/p-1/t9-,11+/m1/s1. The summed E-state index contributed by atoms with van der Waals surface area (Å²) in [4.78, 5) is 25.1. The van der Waals surface area contributed by atoms with E-state index in [1.807, 2.05) is 26.0 Å². The molecule has 1 fully saturated rings. The Kier molecular flexibility index (Phi) is 2.26. The fourth-order valence-electron chi connectivity index (χ4n) is 2.76. The van der Waals surface area contributed by atoms with Crippen LogP contribution in [-0.4, -0.2) is 27.6 Å². The number of carbonyl (C=O) groups excluding carboxylic acids is 2. The first-order chi connectivity index (χ1) is 8.43. The third-order valence-corrected chi connectivity index (χ3v) is 5.05. The molecule has 2 heterocycles. The van der Waals surface area contributed by atoms with Crippen LogP contribution >= 0.6 is 11.8 Å². The first kappa shape index (κ1) is 11.6. The Balaban J connectivity index is 2.13. The number of benzene rings is 1. The molecule has 0 aromatic heterocycles. The van der Waals surface area contributed by atoms with Crippen LogP contribution < -0.4 is 5.11 Å². The summed E-state index contributed by atoms with van der Waals surface area (Å²) in [7, 11) is 0. The minimum Gasteiger partial charge on any atom is -0.548 e. The van der Waals surface area contributed by atoms with Gasteiger partial charge in [-0.15, -0.1) is 11.8 Å². The van der Waals surface area contributed by atoms with Crippen molar-refractivity contribution >= 4 is 23.6 Å². The lowest BCUT2D eigenvalue weighted by atomic mass is 10.0. The number of nitrogens with zero attached hydrogens (tertiary/aromatic N) is 1. The Hall–Kier alpha value is -1.49.